The van der Waals surface area contributed by atoms with Crippen LogP contribution < -0.4 is 4.74 Å². The third-order valence-electron chi connectivity index (χ3n) is 5.96. The number of benzene rings is 2. The first-order valence-corrected chi connectivity index (χ1v) is 10.2. The minimum absolute atomic E-state index is 0.611. The molecule has 0 aliphatic carbocycles. The highest BCUT2D eigenvalue weighted by Crippen LogP contribution is 2.30. The van der Waals surface area contributed by atoms with Gasteiger partial charge in [-0.2, -0.15) is 0 Å². The fraction of sp³-hybridized carbons (Fsp3) is 0.375. The van der Waals surface area contributed by atoms with Crippen LogP contribution in [0.2, 0.25) is 0 Å². The molecule has 29 heavy (non-hydrogen) atoms. The Balaban J connectivity index is 1.44. The fourth-order valence-corrected chi connectivity index (χ4v) is 4.13. The lowest BCUT2D eigenvalue weighted by molar-refractivity contribution is -0.0362. The monoisotopic (exact) mass is 391 g/mol. The Morgan fingerprint density at radius 2 is 1.83 bits per heavy atom. The number of hydrogen-bond donors (Lipinski definition) is 1. The first-order chi connectivity index (χ1) is 14.1. The average Bonchev–Trinajstić information content (AvgIpc) is 3.14. The van der Waals surface area contributed by atoms with Gasteiger partial charge in [0.15, 0.2) is 0 Å². The van der Waals surface area contributed by atoms with Gasteiger partial charge in [0.1, 0.15) is 11.6 Å². The van der Waals surface area contributed by atoms with E-state index >= 15 is 0 Å². The first kappa shape index (κ1) is 19.7. The Morgan fingerprint density at radius 3 is 2.48 bits per heavy atom. The van der Waals surface area contributed by atoms with E-state index in [9.17, 15) is 5.11 Å². The lowest BCUT2D eigenvalue weighted by atomic mass is 9.90. The molecule has 2 aromatic carbocycles. The Kier molecular flexibility index (Phi) is 5.69. The lowest BCUT2D eigenvalue weighted by Gasteiger charge is -2.38. The van der Waals surface area contributed by atoms with Crippen molar-refractivity contribution in [2.45, 2.75) is 38.5 Å². The molecule has 1 aliphatic heterocycles. The maximum Gasteiger partial charge on any atom is 0.123 e. The van der Waals surface area contributed by atoms with Crippen LogP contribution in [0.25, 0.3) is 11.1 Å². The minimum Gasteiger partial charge on any atom is -0.496 e. The molecule has 152 valence electrons. The third-order valence-corrected chi connectivity index (χ3v) is 5.96. The van der Waals surface area contributed by atoms with Crippen LogP contribution in [0.3, 0.4) is 0 Å². The maximum absolute atomic E-state index is 11.0. The summed E-state index contributed by atoms with van der Waals surface area (Å²) in [4.78, 5) is 6.67. The van der Waals surface area contributed by atoms with Gasteiger partial charge in [-0.25, -0.2) is 4.98 Å². The topological polar surface area (TPSA) is 50.5 Å². The standard InChI is InChI=1S/C24H29N3O2/c1-19-25-12-15-27(19)18-24(28)10-13-26(14-11-24)17-22-16-21(8-9-23(22)29-2)20-6-4-3-5-7-20/h3-9,12,15-16,28H,10-11,13-14,17-18H2,1-2H3. The van der Waals surface area contributed by atoms with Crippen molar-refractivity contribution in [2.24, 2.45) is 0 Å². The molecule has 4 rings (SSSR count). The summed E-state index contributed by atoms with van der Waals surface area (Å²) in [5.74, 6) is 1.86. The van der Waals surface area contributed by atoms with E-state index < -0.39 is 5.60 Å². The van der Waals surface area contributed by atoms with E-state index in [1.165, 1.54) is 16.7 Å². The second-order valence-electron chi connectivity index (χ2n) is 8.00. The SMILES string of the molecule is COc1ccc(-c2ccccc2)cc1CN1CCC(O)(Cn2ccnc2C)CC1. The van der Waals surface area contributed by atoms with Gasteiger partial charge < -0.3 is 14.4 Å². The Hall–Kier alpha value is -2.63. The molecule has 5 nitrogen and oxygen atoms in total. The number of methoxy groups -OCH3 is 1. The second-order valence-corrected chi connectivity index (χ2v) is 8.00. The molecule has 0 bridgehead atoms. The van der Waals surface area contributed by atoms with E-state index in [4.69, 9.17) is 4.74 Å². The van der Waals surface area contributed by atoms with Gasteiger partial charge in [-0.3, -0.25) is 4.90 Å². The van der Waals surface area contributed by atoms with Crippen molar-refractivity contribution in [3.05, 3.63) is 72.3 Å². The molecule has 0 atom stereocenters. The van der Waals surface area contributed by atoms with Gasteiger partial charge in [-0.15, -0.1) is 0 Å². The van der Waals surface area contributed by atoms with E-state index in [2.05, 4.69) is 52.3 Å². The highest BCUT2D eigenvalue weighted by molar-refractivity contribution is 5.65. The number of rotatable bonds is 6. The molecule has 1 fully saturated rings. The molecule has 3 aromatic rings. The number of piperidine rings is 1. The van der Waals surface area contributed by atoms with Crippen molar-refractivity contribution < 1.29 is 9.84 Å². The number of likely N-dealkylation sites (tertiary alicyclic amines) is 1. The number of hydrogen-bond acceptors (Lipinski definition) is 4. The quantitative estimate of drug-likeness (QED) is 0.693. The van der Waals surface area contributed by atoms with Crippen LogP contribution in [0.5, 0.6) is 5.75 Å². The van der Waals surface area contributed by atoms with Crippen LogP contribution in [0.15, 0.2) is 60.9 Å². The van der Waals surface area contributed by atoms with E-state index in [0.29, 0.717) is 6.54 Å². The number of aliphatic hydroxyl groups is 1. The number of aryl methyl sites for hydroxylation is 1. The molecule has 2 heterocycles. The number of aromatic nitrogens is 2. The predicted octanol–water partition coefficient (Wildman–Crippen LogP) is 3.89. The molecule has 1 N–H and O–H groups in total. The predicted molar refractivity (Wildman–Crippen MR) is 115 cm³/mol. The normalized spacial score (nSPS) is 16.7. The zero-order valence-electron chi connectivity index (χ0n) is 17.2. The lowest BCUT2D eigenvalue weighted by Crippen LogP contribution is -2.46. The number of imidazole rings is 1. The zero-order chi connectivity index (χ0) is 20.3. The average molecular weight is 392 g/mol. The highest BCUT2D eigenvalue weighted by atomic mass is 16.5. The molecule has 0 amide bonds. The molecular formula is C24H29N3O2. The first-order valence-electron chi connectivity index (χ1n) is 10.2. The van der Waals surface area contributed by atoms with E-state index in [1.54, 1.807) is 13.3 Å². The van der Waals surface area contributed by atoms with Gasteiger partial charge >= 0.3 is 0 Å². The molecule has 1 aromatic heterocycles. The molecule has 1 aliphatic rings. The molecule has 0 unspecified atom stereocenters. The highest BCUT2D eigenvalue weighted by Gasteiger charge is 2.33. The Bertz CT molecular complexity index is 944. The van der Waals surface area contributed by atoms with Crippen molar-refractivity contribution in [2.75, 3.05) is 20.2 Å². The van der Waals surface area contributed by atoms with E-state index in [1.807, 2.05) is 23.8 Å². The summed E-state index contributed by atoms with van der Waals surface area (Å²) in [6.07, 6.45) is 5.25. The molecule has 5 heteroatoms. The third kappa shape index (κ3) is 4.52. The summed E-state index contributed by atoms with van der Waals surface area (Å²) in [6.45, 7) is 5.14. The number of nitrogens with zero attached hydrogens (tertiary/aromatic N) is 3. The van der Waals surface area contributed by atoms with Crippen molar-refractivity contribution >= 4 is 0 Å². The van der Waals surface area contributed by atoms with Gasteiger partial charge in [0.25, 0.3) is 0 Å². The van der Waals surface area contributed by atoms with Crippen LogP contribution >= 0.6 is 0 Å². The maximum atomic E-state index is 11.0. The van der Waals surface area contributed by atoms with Gasteiger partial charge in [-0.1, -0.05) is 36.4 Å². The second kappa shape index (κ2) is 8.39. The summed E-state index contributed by atoms with van der Waals surface area (Å²) < 4.78 is 7.66. The summed E-state index contributed by atoms with van der Waals surface area (Å²) in [6, 6.07) is 16.8. The van der Waals surface area contributed by atoms with Crippen molar-refractivity contribution in [1.29, 1.82) is 0 Å². The molecule has 0 saturated carbocycles. The molecule has 0 spiro atoms. The Morgan fingerprint density at radius 1 is 1.07 bits per heavy atom. The smallest absolute Gasteiger partial charge is 0.123 e. The van der Waals surface area contributed by atoms with Gasteiger partial charge in [-0.05, 0) is 43.0 Å². The summed E-state index contributed by atoms with van der Waals surface area (Å²) in [5.41, 5.74) is 2.92. The summed E-state index contributed by atoms with van der Waals surface area (Å²) in [7, 11) is 1.73. The minimum atomic E-state index is -0.669. The van der Waals surface area contributed by atoms with Gasteiger partial charge in [0.05, 0.1) is 19.3 Å². The number of ether oxygens (including phenoxy) is 1. The molecule has 1 saturated heterocycles. The van der Waals surface area contributed by atoms with E-state index in [-0.39, 0.29) is 0 Å². The van der Waals surface area contributed by atoms with Crippen LogP contribution in [0.4, 0.5) is 0 Å². The van der Waals surface area contributed by atoms with E-state index in [0.717, 1.165) is 44.0 Å². The Labute approximate surface area is 172 Å². The van der Waals surface area contributed by atoms with Crippen LogP contribution in [-0.4, -0.2) is 45.4 Å². The molecular weight excluding hydrogens is 362 g/mol. The van der Waals surface area contributed by atoms with Gasteiger partial charge in [0.2, 0.25) is 0 Å². The largest absolute Gasteiger partial charge is 0.496 e. The van der Waals surface area contributed by atoms with Crippen LogP contribution in [0.1, 0.15) is 24.2 Å². The zero-order valence-corrected chi connectivity index (χ0v) is 17.2. The van der Waals surface area contributed by atoms with Gasteiger partial charge in [0, 0.05) is 37.6 Å². The van der Waals surface area contributed by atoms with Crippen molar-refractivity contribution in [3.8, 4) is 16.9 Å². The molecule has 0 radical (unpaired) electrons. The fourth-order valence-electron chi connectivity index (χ4n) is 4.13. The van der Waals surface area contributed by atoms with Crippen molar-refractivity contribution in [1.82, 2.24) is 14.5 Å². The summed E-state index contributed by atoms with van der Waals surface area (Å²) >= 11 is 0. The summed E-state index contributed by atoms with van der Waals surface area (Å²) in [5, 5.41) is 11.0. The van der Waals surface area contributed by atoms with Crippen molar-refractivity contribution in [3.63, 3.8) is 0 Å². The van der Waals surface area contributed by atoms with Crippen LogP contribution in [-0.2, 0) is 13.1 Å². The van der Waals surface area contributed by atoms with Crippen LogP contribution in [0, 0.1) is 6.92 Å².